The smallest absolute Gasteiger partial charge is 0.261 e. The van der Waals surface area contributed by atoms with Crippen LogP contribution in [0.25, 0.3) is 10.2 Å². The van der Waals surface area contributed by atoms with Crippen LogP contribution in [0.1, 0.15) is 10.4 Å². The zero-order valence-corrected chi connectivity index (χ0v) is 13.3. The molecule has 1 heterocycles. The van der Waals surface area contributed by atoms with E-state index in [1.165, 1.54) is 30.6 Å². The van der Waals surface area contributed by atoms with Gasteiger partial charge in [0.1, 0.15) is 17.2 Å². The van der Waals surface area contributed by atoms with Crippen LogP contribution in [0, 0.1) is 0 Å². The van der Waals surface area contributed by atoms with Crippen molar-refractivity contribution in [3.8, 4) is 17.2 Å². The number of phenolic OH excluding ortho intramolecular Hbond substituents is 1. The number of methoxy groups -OCH3 is 2. The molecule has 118 valence electrons. The maximum absolute atomic E-state index is 12.3. The van der Waals surface area contributed by atoms with Gasteiger partial charge in [-0.15, -0.1) is 0 Å². The van der Waals surface area contributed by atoms with Crippen molar-refractivity contribution in [1.29, 1.82) is 0 Å². The number of rotatable bonds is 4. The van der Waals surface area contributed by atoms with Crippen molar-refractivity contribution in [2.45, 2.75) is 0 Å². The largest absolute Gasteiger partial charge is 0.507 e. The van der Waals surface area contributed by atoms with E-state index in [0.717, 1.165) is 16.0 Å². The van der Waals surface area contributed by atoms with Gasteiger partial charge in [0, 0.05) is 6.07 Å². The average molecular weight is 330 g/mol. The number of nitrogens with zero attached hydrogens (tertiary/aromatic N) is 1. The number of anilines is 1. The molecule has 0 aliphatic heterocycles. The molecule has 7 heteroatoms. The highest BCUT2D eigenvalue weighted by Crippen LogP contribution is 2.30. The third kappa shape index (κ3) is 3.04. The van der Waals surface area contributed by atoms with E-state index in [2.05, 4.69) is 10.3 Å². The predicted octanol–water partition coefficient (Wildman–Crippen LogP) is 3.27. The van der Waals surface area contributed by atoms with Gasteiger partial charge in [0.25, 0.3) is 5.91 Å². The molecule has 2 aromatic carbocycles. The van der Waals surface area contributed by atoms with Gasteiger partial charge >= 0.3 is 0 Å². The van der Waals surface area contributed by atoms with Gasteiger partial charge in [0.05, 0.1) is 30.0 Å². The fourth-order valence-corrected chi connectivity index (χ4v) is 2.97. The first kappa shape index (κ1) is 15.1. The number of benzene rings is 2. The van der Waals surface area contributed by atoms with Crippen molar-refractivity contribution in [2.24, 2.45) is 0 Å². The van der Waals surface area contributed by atoms with E-state index in [1.54, 1.807) is 13.2 Å². The van der Waals surface area contributed by atoms with E-state index < -0.39 is 5.91 Å². The number of phenols is 1. The highest BCUT2D eigenvalue weighted by molar-refractivity contribution is 7.22. The number of ether oxygens (including phenoxy) is 2. The summed E-state index contributed by atoms with van der Waals surface area (Å²) >= 11 is 1.33. The quantitative estimate of drug-likeness (QED) is 0.767. The second-order valence-electron chi connectivity index (χ2n) is 4.69. The molecule has 23 heavy (non-hydrogen) atoms. The van der Waals surface area contributed by atoms with Crippen LogP contribution in [-0.2, 0) is 0 Å². The van der Waals surface area contributed by atoms with Crippen LogP contribution < -0.4 is 14.8 Å². The summed E-state index contributed by atoms with van der Waals surface area (Å²) in [5, 5.41) is 13.0. The van der Waals surface area contributed by atoms with Crippen LogP contribution >= 0.6 is 11.3 Å². The lowest BCUT2D eigenvalue weighted by Crippen LogP contribution is -2.11. The third-order valence-corrected chi connectivity index (χ3v) is 4.20. The highest BCUT2D eigenvalue weighted by atomic mass is 32.1. The van der Waals surface area contributed by atoms with Crippen molar-refractivity contribution in [2.75, 3.05) is 19.5 Å². The second kappa shape index (κ2) is 6.13. The van der Waals surface area contributed by atoms with E-state index in [0.29, 0.717) is 10.9 Å². The molecule has 1 aromatic heterocycles. The summed E-state index contributed by atoms with van der Waals surface area (Å²) in [5.74, 6) is 0.624. The van der Waals surface area contributed by atoms with Crippen LogP contribution in [0.3, 0.4) is 0 Å². The van der Waals surface area contributed by atoms with E-state index in [-0.39, 0.29) is 11.3 Å². The summed E-state index contributed by atoms with van der Waals surface area (Å²) in [6.07, 6.45) is 0. The average Bonchev–Trinajstić information content (AvgIpc) is 2.95. The minimum Gasteiger partial charge on any atom is -0.507 e. The standard InChI is InChI=1S/C16H14N2O4S/c1-21-9-3-5-11(13(19)7-9)15(20)18-16-17-12-6-4-10(22-2)8-14(12)23-16/h3-8,19H,1-2H3,(H,17,18,20). The summed E-state index contributed by atoms with van der Waals surface area (Å²) < 4.78 is 11.1. The van der Waals surface area contributed by atoms with Crippen LogP contribution in [0.5, 0.6) is 17.2 Å². The minimum absolute atomic E-state index is 0.148. The first-order chi connectivity index (χ1) is 11.1. The molecule has 3 aromatic rings. The number of aromatic nitrogens is 1. The van der Waals surface area contributed by atoms with Gasteiger partial charge in [-0.3, -0.25) is 10.1 Å². The molecule has 0 aliphatic rings. The molecule has 6 nitrogen and oxygen atoms in total. The molecule has 0 radical (unpaired) electrons. The number of amides is 1. The van der Waals surface area contributed by atoms with Gasteiger partial charge in [0.15, 0.2) is 5.13 Å². The molecule has 3 rings (SSSR count). The molecule has 2 N–H and O–H groups in total. The lowest BCUT2D eigenvalue weighted by Gasteiger charge is -2.06. The van der Waals surface area contributed by atoms with Gasteiger partial charge in [-0.25, -0.2) is 4.98 Å². The SMILES string of the molecule is COc1ccc(C(=O)Nc2nc3ccc(OC)cc3s2)c(O)c1. The summed E-state index contributed by atoms with van der Waals surface area (Å²) in [5.41, 5.74) is 0.924. The summed E-state index contributed by atoms with van der Waals surface area (Å²) in [6, 6.07) is 9.98. The fraction of sp³-hybridized carbons (Fsp3) is 0.125. The number of thiazole rings is 1. The highest BCUT2D eigenvalue weighted by Gasteiger charge is 2.14. The van der Waals surface area contributed by atoms with Gasteiger partial charge in [-0.1, -0.05) is 11.3 Å². The van der Waals surface area contributed by atoms with E-state index >= 15 is 0 Å². The Kier molecular flexibility index (Phi) is 4.03. The Morgan fingerprint density at radius 3 is 2.52 bits per heavy atom. The van der Waals surface area contributed by atoms with Gasteiger partial charge < -0.3 is 14.6 Å². The summed E-state index contributed by atoms with van der Waals surface area (Å²) in [7, 11) is 3.08. The van der Waals surface area contributed by atoms with Gasteiger partial charge in [0.2, 0.25) is 0 Å². The predicted molar refractivity (Wildman–Crippen MR) is 88.8 cm³/mol. The van der Waals surface area contributed by atoms with Crippen LogP contribution in [0.15, 0.2) is 36.4 Å². The Morgan fingerprint density at radius 1 is 1.13 bits per heavy atom. The second-order valence-corrected chi connectivity index (χ2v) is 5.72. The van der Waals surface area contributed by atoms with E-state index in [4.69, 9.17) is 9.47 Å². The maximum Gasteiger partial charge on any atom is 0.261 e. The lowest BCUT2D eigenvalue weighted by molar-refractivity contribution is 0.102. The Balaban J connectivity index is 1.85. The monoisotopic (exact) mass is 330 g/mol. The lowest BCUT2D eigenvalue weighted by atomic mass is 10.2. The molecule has 0 spiro atoms. The van der Waals surface area contributed by atoms with Crippen LogP contribution in [-0.4, -0.2) is 30.2 Å². The molecular weight excluding hydrogens is 316 g/mol. The molecule has 1 amide bonds. The van der Waals surface area contributed by atoms with Crippen molar-refractivity contribution < 1.29 is 19.4 Å². The Hall–Kier alpha value is -2.80. The minimum atomic E-state index is -0.434. The molecule has 0 unspecified atom stereocenters. The number of hydrogen-bond donors (Lipinski definition) is 2. The topological polar surface area (TPSA) is 80.7 Å². The van der Waals surface area contributed by atoms with Crippen LogP contribution in [0.4, 0.5) is 5.13 Å². The van der Waals surface area contributed by atoms with E-state index in [9.17, 15) is 9.90 Å². The first-order valence-electron chi connectivity index (χ1n) is 6.73. The Bertz CT molecular complexity index is 876. The zero-order valence-electron chi connectivity index (χ0n) is 12.5. The number of hydrogen-bond acceptors (Lipinski definition) is 6. The number of aromatic hydroxyl groups is 1. The zero-order chi connectivity index (χ0) is 16.4. The van der Waals surface area contributed by atoms with Crippen molar-refractivity contribution >= 4 is 32.6 Å². The maximum atomic E-state index is 12.3. The molecule has 0 fully saturated rings. The fourth-order valence-electron chi connectivity index (χ4n) is 2.08. The number of carbonyl (C=O) groups excluding carboxylic acids is 1. The van der Waals surface area contributed by atoms with Gasteiger partial charge in [-0.05, 0) is 30.3 Å². The van der Waals surface area contributed by atoms with Crippen molar-refractivity contribution in [1.82, 2.24) is 4.98 Å². The van der Waals surface area contributed by atoms with Crippen LogP contribution in [0.2, 0.25) is 0 Å². The number of carbonyl (C=O) groups is 1. The molecule has 0 bridgehead atoms. The first-order valence-corrected chi connectivity index (χ1v) is 7.55. The molecule has 0 atom stereocenters. The summed E-state index contributed by atoms with van der Waals surface area (Å²) in [4.78, 5) is 16.6. The Morgan fingerprint density at radius 2 is 1.83 bits per heavy atom. The molecule has 0 aliphatic carbocycles. The van der Waals surface area contributed by atoms with Gasteiger partial charge in [-0.2, -0.15) is 0 Å². The molecule has 0 saturated carbocycles. The Labute approximate surface area is 136 Å². The van der Waals surface area contributed by atoms with Crippen molar-refractivity contribution in [3.05, 3.63) is 42.0 Å². The van der Waals surface area contributed by atoms with E-state index in [1.807, 2.05) is 18.2 Å². The number of nitrogens with one attached hydrogen (secondary N) is 1. The number of fused-ring (bicyclic) bond motifs is 1. The molecular formula is C16H14N2O4S. The normalized spacial score (nSPS) is 10.5. The molecule has 0 saturated heterocycles. The third-order valence-electron chi connectivity index (χ3n) is 3.27. The summed E-state index contributed by atoms with van der Waals surface area (Å²) in [6.45, 7) is 0. The van der Waals surface area contributed by atoms with Crippen molar-refractivity contribution in [3.63, 3.8) is 0 Å².